The van der Waals surface area contributed by atoms with E-state index in [9.17, 15) is 9.90 Å². The van der Waals surface area contributed by atoms with E-state index in [0.717, 1.165) is 15.6 Å². The van der Waals surface area contributed by atoms with Gasteiger partial charge in [-0.05, 0) is 30.5 Å². The molecule has 1 aromatic rings. The predicted octanol–water partition coefficient (Wildman–Crippen LogP) is 2.57. The van der Waals surface area contributed by atoms with E-state index in [4.69, 9.17) is 5.11 Å². The summed E-state index contributed by atoms with van der Waals surface area (Å²) in [6.07, 6.45) is -1.20. The van der Waals surface area contributed by atoms with Gasteiger partial charge in [0.05, 0.1) is 12.5 Å². The molecular formula is C11H13BrO3. The number of aryl methyl sites for hydroxylation is 2. The summed E-state index contributed by atoms with van der Waals surface area (Å²) in [5.74, 6) is -0.999. The highest BCUT2D eigenvalue weighted by Crippen LogP contribution is 2.26. The van der Waals surface area contributed by atoms with Gasteiger partial charge in [-0.25, -0.2) is 0 Å². The van der Waals surface area contributed by atoms with Gasteiger partial charge >= 0.3 is 5.97 Å². The zero-order valence-corrected chi connectivity index (χ0v) is 10.2. The molecule has 15 heavy (non-hydrogen) atoms. The Bertz CT molecular complexity index is 364. The first-order valence-corrected chi connectivity index (χ1v) is 5.37. The lowest BCUT2D eigenvalue weighted by Crippen LogP contribution is -2.06. The largest absolute Gasteiger partial charge is 0.481 e. The maximum absolute atomic E-state index is 10.5. The zero-order chi connectivity index (χ0) is 11.6. The Morgan fingerprint density at radius 1 is 1.40 bits per heavy atom. The van der Waals surface area contributed by atoms with Gasteiger partial charge in [0.1, 0.15) is 0 Å². The Balaban J connectivity index is 3.00. The Morgan fingerprint density at radius 3 is 2.27 bits per heavy atom. The second-order valence-corrected chi connectivity index (χ2v) is 4.38. The van der Waals surface area contributed by atoms with Crippen LogP contribution >= 0.6 is 15.9 Å². The molecule has 0 aliphatic carbocycles. The molecular weight excluding hydrogens is 260 g/mol. The average molecular weight is 273 g/mol. The van der Waals surface area contributed by atoms with Gasteiger partial charge in [-0.1, -0.05) is 28.1 Å². The van der Waals surface area contributed by atoms with Crippen LogP contribution in [0.15, 0.2) is 16.6 Å². The molecule has 0 unspecified atom stereocenters. The molecule has 3 nitrogen and oxygen atoms in total. The summed E-state index contributed by atoms with van der Waals surface area (Å²) in [4.78, 5) is 10.5. The van der Waals surface area contributed by atoms with E-state index in [-0.39, 0.29) is 6.42 Å². The van der Waals surface area contributed by atoms with Crippen LogP contribution in [0.1, 0.15) is 29.2 Å². The summed E-state index contributed by atoms with van der Waals surface area (Å²) >= 11 is 3.42. The number of hydrogen-bond donors (Lipinski definition) is 2. The average Bonchev–Trinajstić information content (AvgIpc) is 2.12. The van der Waals surface area contributed by atoms with E-state index in [1.807, 2.05) is 13.8 Å². The van der Waals surface area contributed by atoms with Crippen molar-refractivity contribution in [2.24, 2.45) is 0 Å². The van der Waals surface area contributed by atoms with Crippen molar-refractivity contribution in [3.8, 4) is 0 Å². The van der Waals surface area contributed by atoms with E-state index < -0.39 is 12.1 Å². The minimum absolute atomic E-state index is 0.263. The van der Waals surface area contributed by atoms with Crippen LogP contribution in [-0.4, -0.2) is 16.2 Å². The number of carboxylic acids is 1. The Kier molecular flexibility index (Phi) is 3.88. The van der Waals surface area contributed by atoms with Crippen LogP contribution in [0, 0.1) is 13.8 Å². The molecule has 0 aliphatic heterocycles. The number of benzene rings is 1. The summed E-state index contributed by atoms with van der Waals surface area (Å²) in [6, 6.07) is 3.59. The summed E-state index contributed by atoms with van der Waals surface area (Å²) in [7, 11) is 0. The Morgan fingerprint density at radius 2 is 1.87 bits per heavy atom. The lowest BCUT2D eigenvalue weighted by Gasteiger charge is -2.12. The van der Waals surface area contributed by atoms with Gasteiger partial charge in [0.2, 0.25) is 0 Å². The van der Waals surface area contributed by atoms with Gasteiger partial charge in [-0.3, -0.25) is 4.79 Å². The van der Waals surface area contributed by atoms with Gasteiger partial charge < -0.3 is 10.2 Å². The number of hydrogen-bond acceptors (Lipinski definition) is 2. The molecule has 1 atom stereocenters. The fraction of sp³-hybridized carbons (Fsp3) is 0.364. The first-order chi connectivity index (χ1) is 6.91. The molecule has 1 aromatic carbocycles. The first kappa shape index (κ1) is 12.2. The van der Waals surface area contributed by atoms with Crippen LogP contribution in [0.4, 0.5) is 0 Å². The minimum atomic E-state index is -0.999. The molecule has 4 heteroatoms. The summed E-state index contributed by atoms with van der Waals surface area (Å²) in [5.41, 5.74) is 2.64. The van der Waals surface area contributed by atoms with Crippen LogP contribution < -0.4 is 0 Å². The SMILES string of the molecule is Cc1cc([C@H](O)CC(=O)O)cc(C)c1Br. The van der Waals surface area contributed by atoms with E-state index in [1.54, 1.807) is 12.1 Å². The van der Waals surface area contributed by atoms with E-state index in [2.05, 4.69) is 15.9 Å². The number of halogens is 1. The number of aliphatic carboxylic acids is 1. The molecule has 0 aliphatic rings. The van der Waals surface area contributed by atoms with E-state index >= 15 is 0 Å². The third-order valence-electron chi connectivity index (χ3n) is 2.21. The van der Waals surface area contributed by atoms with Crippen molar-refractivity contribution in [1.82, 2.24) is 0 Å². The summed E-state index contributed by atoms with van der Waals surface area (Å²) in [5, 5.41) is 18.2. The minimum Gasteiger partial charge on any atom is -0.481 e. The van der Waals surface area contributed by atoms with Crippen molar-refractivity contribution in [2.75, 3.05) is 0 Å². The number of aliphatic hydroxyl groups excluding tert-OH is 1. The van der Waals surface area contributed by atoms with E-state index in [1.165, 1.54) is 0 Å². The highest BCUT2D eigenvalue weighted by Gasteiger charge is 2.13. The number of carbonyl (C=O) groups is 1. The van der Waals surface area contributed by atoms with Gasteiger partial charge in [0.15, 0.2) is 0 Å². The van der Waals surface area contributed by atoms with Crippen LogP contribution in [0.2, 0.25) is 0 Å². The summed E-state index contributed by atoms with van der Waals surface area (Å²) in [6.45, 7) is 3.82. The van der Waals surface area contributed by atoms with Crippen LogP contribution in [0.5, 0.6) is 0 Å². The smallest absolute Gasteiger partial charge is 0.306 e. The van der Waals surface area contributed by atoms with Gasteiger partial charge in [-0.2, -0.15) is 0 Å². The van der Waals surface area contributed by atoms with Crippen LogP contribution in [0.3, 0.4) is 0 Å². The first-order valence-electron chi connectivity index (χ1n) is 4.58. The lowest BCUT2D eigenvalue weighted by atomic mass is 10.0. The second kappa shape index (κ2) is 4.77. The van der Waals surface area contributed by atoms with Crippen molar-refractivity contribution >= 4 is 21.9 Å². The molecule has 0 bridgehead atoms. The fourth-order valence-corrected chi connectivity index (χ4v) is 1.68. The predicted molar refractivity (Wildman–Crippen MR) is 60.8 cm³/mol. The molecule has 0 radical (unpaired) electrons. The van der Waals surface area contributed by atoms with E-state index in [0.29, 0.717) is 5.56 Å². The monoisotopic (exact) mass is 272 g/mol. The zero-order valence-electron chi connectivity index (χ0n) is 8.62. The molecule has 1 rings (SSSR count). The lowest BCUT2D eigenvalue weighted by molar-refractivity contribution is -0.139. The molecule has 0 heterocycles. The maximum atomic E-state index is 10.5. The third kappa shape index (κ3) is 3.04. The van der Waals surface area contributed by atoms with Crippen molar-refractivity contribution in [1.29, 1.82) is 0 Å². The highest BCUT2D eigenvalue weighted by atomic mass is 79.9. The quantitative estimate of drug-likeness (QED) is 0.889. The van der Waals surface area contributed by atoms with Crippen molar-refractivity contribution in [3.05, 3.63) is 33.3 Å². The van der Waals surface area contributed by atoms with Crippen molar-refractivity contribution < 1.29 is 15.0 Å². The topological polar surface area (TPSA) is 57.5 Å². The molecule has 0 saturated carbocycles. The van der Waals surface area contributed by atoms with Gasteiger partial charge in [-0.15, -0.1) is 0 Å². The number of carboxylic acid groups (broad SMARTS) is 1. The second-order valence-electron chi connectivity index (χ2n) is 3.58. The van der Waals surface area contributed by atoms with Gasteiger partial charge in [0, 0.05) is 4.47 Å². The molecule has 0 aromatic heterocycles. The summed E-state index contributed by atoms with van der Waals surface area (Å²) < 4.78 is 0.994. The van der Waals surface area contributed by atoms with Crippen molar-refractivity contribution in [2.45, 2.75) is 26.4 Å². The maximum Gasteiger partial charge on any atom is 0.306 e. The standard InChI is InChI=1S/C11H13BrO3/c1-6-3-8(4-7(2)11(6)12)9(13)5-10(14)15/h3-4,9,13H,5H2,1-2H3,(H,14,15)/t9-/m1/s1. The molecule has 0 saturated heterocycles. The molecule has 82 valence electrons. The number of rotatable bonds is 3. The van der Waals surface area contributed by atoms with Crippen molar-refractivity contribution in [3.63, 3.8) is 0 Å². The normalized spacial score (nSPS) is 12.5. The molecule has 0 fully saturated rings. The Hall–Kier alpha value is -0.870. The van der Waals surface area contributed by atoms with Gasteiger partial charge in [0.25, 0.3) is 0 Å². The fourth-order valence-electron chi connectivity index (χ4n) is 1.46. The van der Waals surface area contributed by atoms with Crippen LogP contribution in [0.25, 0.3) is 0 Å². The Labute approximate surface area is 96.9 Å². The van der Waals surface area contributed by atoms with Crippen LogP contribution in [-0.2, 0) is 4.79 Å². The molecule has 0 amide bonds. The molecule has 2 N–H and O–H groups in total. The third-order valence-corrected chi connectivity index (χ3v) is 3.46. The highest BCUT2D eigenvalue weighted by molar-refractivity contribution is 9.10. The molecule has 0 spiro atoms. The number of aliphatic hydroxyl groups is 1.